The lowest BCUT2D eigenvalue weighted by Gasteiger charge is -2.32. The van der Waals surface area contributed by atoms with Gasteiger partial charge in [0.15, 0.2) is 0 Å². The Morgan fingerprint density at radius 2 is 1.94 bits per heavy atom. The largest absolute Gasteiger partial charge is 0.388 e. The van der Waals surface area contributed by atoms with Crippen LogP contribution in [0.25, 0.3) is 0 Å². The summed E-state index contributed by atoms with van der Waals surface area (Å²) in [6.45, 7) is 6.67. The van der Waals surface area contributed by atoms with Crippen LogP contribution in [0, 0.1) is 0 Å². The van der Waals surface area contributed by atoms with Gasteiger partial charge >= 0.3 is 0 Å². The summed E-state index contributed by atoms with van der Waals surface area (Å²) >= 11 is 1.87. The minimum absolute atomic E-state index is 0.0142. The fourth-order valence-electron chi connectivity index (χ4n) is 1.90. The van der Waals surface area contributed by atoms with Gasteiger partial charge in [-0.15, -0.1) is 0 Å². The van der Waals surface area contributed by atoms with Crippen LogP contribution < -0.4 is 5.32 Å². The Kier molecular flexibility index (Phi) is 6.30. The summed E-state index contributed by atoms with van der Waals surface area (Å²) in [7, 11) is 0. The van der Waals surface area contributed by atoms with E-state index in [0.717, 1.165) is 37.4 Å². The summed E-state index contributed by atoms with van der Waals surface area (Å²) in [6.07, 6.45) is 1.56. The predicted octanol–water partition coefficient (Wildman–Crippen LogP) is 0.702. The summed E-state index contributed by atoms with van der Waals surface area (Å²) < 4.78 is 0. The van der Waals surface area contributed by atoms with Gasteiger partial charge in [-0.25, -0.2) is 0 Å². The monoisotopic (exact) mass is 260 g/mol. The van der Waals surface area contributed by atoms with Crippen LogP contribution in [0.1, 0.15) is 26.7 Å². The highest BCUT2D eigenvalue weighted by molar-refractivity contribution is 7.99. The molecule has 5 heteroatoms. The fraction of sp³-hybridized carbons (Fsp3) is 0.917. The molecule has 1 saturated heterocycles. The van der Waals surface area contributed by atoms with Crippen molar-refractivity contribution in [2.75, 3.05) is 37.7 Å². The molecule has 0 aliphatic carbocycles. The quantitative estimate of drug-likeness (QED) is 0.738. The number of carbonyl (C=O) groups is 1. The molecule has 1 rings (SSSR count). The number of hydrogen-bond donors (Lipinski definition) is 2. The summed E-state index contributed by atoms with van der Waals surface area (Å²) in [5, 5.41) is 13.1. The van der Waals surface area contributed by atoms with Crippen LogP contribution in [0.3, 0.4) is 0 Å². The van der Waals surface area contributed by atoms with E-state index in [1.54, 1.807) is 0 Å². The van der Waals surface area contributed by atoms with Crippen LogP contribution in [0.5, 0.6) is 0 Å². The summed E-state index contributed by atoms with van der Waals surface area (Å²) in [5.41, 5.74) is -0.676. The molecule has 0 aromatic carbocycles. The number of amides is 1. The molecule has 1 aliphatic heterocycles. The Bertz CT molecular complexity index is 239. The molecular formula is C12H24N2O2S. The van der Waals surface area contributed by atoms with E-state index in [-0.39, 0.29) is 5.91 Å². The molecule has 0 atom stereocenters. The molecule has 0 radical (unpaired) electrons. The van der Waals surface area contributed by atoms with Crippen molar-refractivity contribution in [1.82, 2.24) is 10.2 Å². The maximum absolute atomic E-state index is 11.7. The Balaban J connectivity index is 2.27. The van der Waals surface area contributed by atoms with Gasteiger partial charge in [-0.05, 0) is 37.4 Å². The van der Waals surface area contributed by atoms with Crippen molar-refractivity contribution in [3.63, 3.8) is 0 Å². The van der Waals surface area contributed by atoms with Crippen LogP contribution in [0.4, 0.5) is 0 Å². The first kappa shape index (κ1) is 14.8. The maximum atomic E-state index is 11.7. The maximum Gasteiger partial charge on any atom is 0.234 e. The highest BCUT2D eigenvalue weighted by Crippen LogP contribution is 2.26. The van der Waals surface area contributed by atoms with E-state index in [4.69, 9.17) is 0 Å². The van der Waals surface area contributed by atoms with E-state index < -0.39 is 5.60 Å². The van der Waals surface area contributed by atoms with Gasteiger partial charge in [0.1, 0.15) is 0 Å². The number of nitrogens with zero attached hydrogens (tertiary/aromatic N) is 1. The van der Waals surface area contributed by atoms with E-state index >= 15 is 0 Å². The Morgan fingerprint density at radius 3 is 2.47 bits per heavy atom. The second-order valence-corrected chi connectivity index (χ2v) is 5.80. The number of rotatable bonds is 6. The second kappa shape index (κ2) is 7.24. The Hall–Kier alpha value is -0.260. The fourth-order valence-corrected chi connectivity index (χ4v) is 3.15. The van der Waals surface area contributed by atoms with Gasteiger partial charge in [0.05, 0.1) is 12.1 Å². The lowest BCUT2D eigenvalue weighted by atomic mass is 9.97. The summed E-state index contributed by atoms with van der Waals surface area (Å²) in [6, 6.07) is 0. The Morgan fingerprint density at radius 1 is 1.35 bits per heavy atom. The number of carbonyl (C=O) groups excluding carboxylic acids is 1. The third-order valence-electron chi connectivity index (χ3n) is 3.30. The minimum Gasteiger partial charge on any atom is -0.388 e. The van der Waals surface area contributed by atoms with Crippen molar-refractivity contribution < 1.29 is 9.90 Å². The van der Waals surface area contributed by atoms with Gasteiger partial charge in [-0.1, -0.05) is 13.8 Å². The zero-order chi connectivity index (χ0) is 12.7. The van der Waals surface area contributed by atoms with Crippen LogP contribution in [0.15, 0.2) is 0 Å². The molecule has 17 heavy (non-hydrogen) atoms. The van der Waals surface area contributed by atoms with E-state index in [1.807, 2.05) is 25.6 Å². The average molecular weight is 260 g/mol. The molecule has 4 nitrogen and oxygen atoms in total. The number of thioether (sulfide) groups is 1. The second-order valence-electron chi connectivity index (χ2n) is 4.57. The molecular weight excluding hydrogens is 236 g/mol. The van der Waals surface area contributed by atoms with Gasteiger partial charge < -0.3 is 10.4 Å². The molecule has 100 valence electrons. The standard InChI is InChI=1S/C12H24N2O2S/c1-3-14(4-2)9-11(15)13-10-12(16)5-7-17-8-6-12/h16H,3-10H2,1-2H3,(H,13,15). The predicted molar refractivity (Wildman–Crippen MR) is 72.3 cm³/mol. The van der Waals surface area contributed by atoms with Crippen LogP contribution >= 0.6 is 11.8 Å². The van der Waals surface area contributed by atoms with Crippen molar-refractivity contribution in [3.8, 4) is 0 Å². The van der Waals surface area contributed by atoms with E-state index in [0.29, 0.717) is 13.1 Å². The van der Waals surface area contributed by atoms with E-state index in [9.17, 15) is 9.90 Å². The summed E-state index contributed by atoms with van der Waals surface area (Å²) in [4.78, 5) is 13.8. The zero-order valence-electron chi connectivity index (χ0n) is 10.9. The first-order chi connectivity index (χ1) is 8.09. The number of hydrogen-bond acceptors (Lipinski definition) is 4. The van der Waals surface area contributed by atoms with Gasteiger partial charge in [-0.3, -0.25) is 9.69 Å². The molecule has 0 spiro atoms. The molecule has 2 N–H and O–H groups in total. The first-order valence-corrected chi connectivity index (χ1v) is 7.54. The highest BCUT2D eigenvalue weighted by atomic mass is 32.2. The van der Waals surface area contributed by atoms with Gasteiger partial charge in [-0.2, -0.15) is 11.8 Å². The Labute approximate surface area is 108 Å². The molecule has 1 fully saturated rings. The third kappa shape index (κ3) is 5.27. The molecule has 0 bridgehead atoms. The van der Waals surface area contributed by atoms with Crippen LogP contribution in [-0.2, 0) is 4.79 Å². The van der Waals surface area contributed by atoms with Crippen molar-refractivity contribution in [2.24, 2.45) is 0 Å². The average Bonchev–Trinajstić information content (AvgIpc) is 2.34. The van der Waals surface area contributed by atoms with Gasteiger partial charge in [0, 0.05) is 6.54 Å². The minimum atomic E-state index is -0.676. The zero-order valence-corrected chi connectivity index (χ0v) is 11.7. The topological polar surface area (TPSA) is 52.6 Å². The van der Waals surface area contributed by atoms with Crippen molar-refractivity contribution >= 4 is 17.7 Å². The number of nitrogens with one attached hydrogen (secondary N) is 1. The lowest BCUT2D eigenvalue weighted by molar-refractivity contribution is -0.123. The van der Waals surface area contributed by atoms with E-state index in [2.05, 4.69) is 10.2 Å². The highest BCUT2D eigenvalue weighted by Gasteiger charge is 2.29. The molecule has 0 aromatic heterocycles. The molecule has 0 unspecified atom stereocenters. The van der Waals surface area contributed by atoms with Crippen LogP contribution in [-0.4, -0.2) is 59.2 Å². The van der Waals surface area contributed by atoms with Crippen molar-refractivity contribution in [1.29, 1.82) is 0 Å². The molecule has 1 heterocycles. The molecule has 1 aliphatic rings. The third-order valence-corrected chi connectivity index (χ3v) is 4.29. The lowest BCUT2D eigenvalue weighted by Crippen LogP contribution is -2.47. The normalized spacial score (nSPS) is 19.3. The SMILES string of the molecule is CCN(CC)CC(=O)NCC1(O)CCSCC1. The molecule has 0 aromatic rings. The first-order valence-electron chi connectivity index (χ1n) is 6.39. The smallest absolute Gasteiger partial charge is 0.234 e. The van der Waals surface area contributed by atoms with E-state index in [1.165, 1.54) is 0 Å². The molecule has 0 saturated carbocycles. The van der Waals surface area contributed by atoms with Gasteiger partial charge in [0.25, 0.3) is 0 Å². The van der Waals surface area contributed by atoms with Gasteiger partial charge in [0.2, 0.25) is 5.91 Å². The van der Waals surface area contributed by atoms with Crippen LogP contribution in [0.2, 0.25) is 0 Å². The number of aliphatic hydroxyl groups is 1. The number of likely N-dealkylation sites (N-methyl/N-ethyl adjacent to an activating group) is 1. The van der Waals surface area contributed by atoms with Crippen molar-refractivity contribution in [3.05, 3.63) is 0 Å². The molecule has 1 amide bonds. The van der Waals surface area contributed by atoms with Crippen molar-refractivity contribution in [2.45, 2.75) is 32.3 Å². The summed E-state index contributed by atoms with van der Waals surface area (Å²) in [5.74, 6) is 1.99.